The number of likely N-dealkylation sites (N-methyl/N-ethyl adjacent to an activating group) is 1. The van der Waals surface area contributed by atoms with Gasteiger partial charge in [-0.1, -0.05) is 5.10 Å². The highest BCUT2D eigenvalue weighted by molar-refractivity contribution is 5.49. The molecule has 1 aliphatic rings. The highest BCUT2D eigenvalue weighted by Gasteiger charge is 2.17. The molecule has 0 aliphatic carbocycles. The summed E-state index contributed by atoms with van der Waals surface area (Å²) in [5.74, 6) is 1.49. The van der Waals surface area contributed by atoms with E-state index in [0.29, 0.717) is 6.01 Å². The van der Waals surface area contributed by atoms with Crippen LogP contribution in [-0.4, -0.2) is 52.9 Å². The van der Waals surface area contributed by atoms with Crippen LogP contribution in [0.2, 0.25) is 0 Å². The van der Waals surface area contributed by atoms with Gasteiger partial charge in [-0.15, -0.1) is 5.10 Å². The number of nitrogens with two attached hydrogens (primary N) is 1. The van der Waals surface area contributed by atoms with E-state index in [4.69, 9.17) is 10.5 Å². The number of benzene rings is 1. The van der Waals surface area contributed by atoms with Crippen molar-refractivity contribution in [1.82, 2.24) is 19.7 Å². The maximum absolute atomic E-state index is 5.92. The molecule has 0 amide bonds. The number of hydrogen-bond acceptors (Lipinski definition) is 6. The lowest BCUT2D eigenvalue weighted by molar-refractivity contribution is 0.313. The molecule has 1 aliphatic heterocycles. The van der Waals surface area contributed by atoms with E-state index in [1.807, 2.05) is 30.5 Å². The lowest BCUT2D eigenvalue weighted by Gasteiger charge is -2.34. The van der Waals surface area contributed by atoms with Crippen molar-refractivity contribution in [2.75, 3.05) is 38.1 Å². The molecule has 0 radical (unpaired) electrons. The Morgan fingerprint density at radius 1 is 1.12 bits per heavy atom. The van der Waals surface area contributed by atoms with E-state index in [1.165, 1.54) is 5.69 Å². The highest BCUT2D eigenvalue weighted by atomic mass is 16.5. The lowest BCUT2D eigenvalue weighted by Crippen LogP contribution is -2.44. The summed E-state index contributed by atoms with van der Waals surface area (Å²) in [6.07, 6.45) is 0. The maximum atomic E-state index is 5.92. The molecule has 2 N–H and O–H groups in total. The Bertz CT molecular complexity index is 658. The van der Waals surface area contributed by atoms with Crippen LogP contribution in [0, 0.1) is 0 Å². The first kappa shape index (κ1) is 16.7. The zero-order chi connectivity index (χ0) is 17.1. The number of rotatable bonds is 5. The Balaban J connectivity index is 1.70. The van der Waals surface area contributed by atoms with Gasteiger partial charge in [-0.05, 0) is 45.2 Å². The van der Waals surface area contributed by atoms with Crippen molar-refractivity contribution in [1.29, 1.82) is 0 Å². The minimum atomic E-state index is -0.172. The Kier molecular flexibility index (Phi) is 5.01. The van der Waals surface area contributed by atoms with E-state index in [0.717, 1.165) is 44.3 Å². The minimum absolute atomic E-state index is 0.172. The fourth-order valence-electron chi connectivity index (χ4n) is 2.90. The molecule has 7 heteroatoms. The summed E-state index contributed by atoms with van der Waals surface area (Å²) in [6.45, 7) is 8.94. The highest BCUT2D eigenvalue weighted by Crippen LogP contribution is 2.25. The number of hydrogen-bond donors (Lipinski definition) is 1. The smallest absolute Gasteiger partial charge is 0.322 e. The zero-order valence-electron chi connectivity index (χ0n) is 14.6. The van der Waals surface area contributed by atoms with Crippen LogP contribution in [-0.2, 0) is 6.54 Å². The fourth-order valence-corrected chi connectivity index (χ4v) is 2.90. The molecule has 1 saturated heterocycles. The third-order valence-electron chi connectivity index (χ3n) is 4.38. The van der Waals surface area contributed by atoms with Crippen LogP contribution in [0.25, 0.3) is 0 Å². The summed E-state index contributed by atoms with van der Waals surface area (Å²) in [4.78, 5) is 4.74. The van der Waals surface area contributed by atoms with E-state index >= 15 is 0 Å². The molecule has 7 nitrogen and oxygen atoms in total. The average Bonchev–Trinajstić information content (AvgIpc) is 2.99. The van der Waals surface area contributed by atoms with Gasteiger partial charge in [0.25, 0.3) is 0 Å². The van der Waals surface area contributed by atoms with Crippen molar-refractivity contribution < 1.29 is 4.74 Å². The molecule has 0 spiro atoms. The quantitative estimate of drug-likeness (QED) is 0.902. The fraction of sp³-hybridized carbons (Fsp3) is 0.529. The molecule has 24 heavy (non-hydrogen) atoms. The van der Waals surface area contributed by atoms with Gasteiger partial charge in [-0.25, -0.2) is 0 Å². The van der Waals surface area contributed by atoms with Gasteiger partial charge in [0.1, 0.15) is 5.75 Å². The molecule has 0 saturated carbocycles. The molecular formula is C17H26N6O. The summed E-state index contributed by atoms with van der Waals surface area (Å²) in [6, 6.07) is 8.47. The monoisotopic (exact) mass is 330 g/mol. The van der Waals surface area contributed by atoms with Crippen LogP contribution in [0.15, 0.2) is 24.3 Å². The third-order valence-corrected chi connectivity index (χ3v) is 4.38. The Hall–Kier alpha value is -2.12. The van der Waals surface area contributed by atoms with Gasteiger partial charge in [0.05, 0.1) is 6.04 Å². The van der Waals surface area contributed by atoms with Gasteiger partial charge in [-0.2, -0.15) is 0 Å². The van der Waals surface area contributed by atoms with Gasteiger partial charge < -0.3 is 20.3 Å². The van der Waals surface area contributed by atoms with E-state index < -0.39 is 0 Å². The first-order chi connectivity index (χ1) is 11.6. The average molecular weight is 330 g/mol. The van der Waals surface area contributed by atoms with Gasteiger partial charge in [0.2, 0.25) is 0 Å². The largest absolute Gasteiger partial charge is 0.424 e. The molecule has 130 valence electrons. The van der Waals surface area contributed by atoms with Crippen molar-refractivity contribution in [3.63, 3.8) is 0 Å². The van der Waals surface area contributed by atoms with E-state index in [2.05, 4.69) is 39.2 Å². The van der Waals surface area contributed by atoms with Crippen LogP contribution in [0.3, 0.4) is 0 Å². The van der Waals surface area contributed by atoms with Crippen LogP contribution >= 0.6 is 0 Å². The lowest BCUT2D eigenvalue weighted by atomic mass is 10.2. The summed E-state index contributed by atoms with van der Waals surface area (Å²) < 4.78 is 7.80. The standard InChI is InChI=1S/C17H26N6O/c1-4-23-16(13(2)18)19-20-17(23)24-15-7-5-14(6-8-15)22-11-9-21(3)10-12-22/h5-8,13H,4,9-12,18H2,1-3H3/t13-/m1/s1. The molecule has 2 heterocycles. The van der Waals surface area contributed by atoms with E-state index in [9.17, 15) is 0 Å². The van der Waals surface area contributed by atoms with Crippen molar-refractivity contribution in [3.8, 4) is 11.8 Å². The summed E-state index contributed by atoms with van der Waals surface area (Å²) >= 11 is 0. The minimum Gasteiger partial charge on any atom is -0.424 e. The SMILES string of the molecule is CCn1c(Oc2ccc(N3CCN(C)CC3)cc2)nnc1[C@@H](C)N. The van der Waals surface area contributed by atoms with Crippen molar-refractivity contribution in [2.24, 2.45) is 5.73 Å². The first-order valence-corrected chi connectivity index (χ1v) is 8.48. The van der Waals surface area contributed by atoms with Crippen molar-refractivity contribution in [2.45, 2.75) is 26.4 Å². The number of nitrogens with zero attached hydrogens (tertiary/aromatic N) is 5. The zero-order valence-corrected chi connectivity index (χ0v) is 14.6. The second-order valence-corrected chi connectivity index (χ2v) is 6.26. The molecule has 0 unspecified atom stereocenters. The van der Waals surface area contributed by atoms with Crippen molar-refractivity contribution in [3.05, 3.63) is 30.1 Å². The molecule has 1 aromatic heterocycles. The predicted octanol–water partition coefficient (Wildman–Crippen LogP) is 1.86. The van der Waals surface area contributed by atoms with Gasteiger partial charge in [-0.3, -0.25) is 4.57 Å². The second-order valence-electron chi connectivity index (χ2n) is 6.26. The van der Waals surface area contributed by atoms with E-state index in [1.54, 1.807) is 0 Å². The number of ether oxygens (including phenoxy) is 1. The number of piperazine rings is 1. The summed E-state index contributed by atoms with van der Waals surface area (Å²) in [7, 11) is 2.16. The molecule has 2 aromatic rings. The van der Waals surface area contributed by atoms with Gasteiger partial charge in [0.15, 0.2) is 5.82 Å². The molecule has 0 bridgehead atoms. The first-order valence-electron chi connectivity index (χ1n) is 8.48. The van der Waals surface area contributed by atoms with Crippen LogP contribution in [0.4, 0.5) is 5.69 Å². The second kappa shape index (κ2) is 7.19. The number of aromatic nitrogens is 3. The Morgan fingerprint density at radius 2 is 1.79 bits per heavy atom. The normalized spacial score (nSPS) is 17.1. The molecular weight excluding hydrogens is 304 g/mol. The number of anilines is 1. The molecule has 1 aromatic carbocycles. The van der Waals surface area contributed by atoms with Crippen molar-refractivity contribution >= 4 is 5.69 Å². The molecule has 1 atom stereocenters. The van der Waals surface area contributed by atoms with Crippen LogP contribution in [0.1, 0.15) is 25.7 Å². The van der Waals surface area contributed by atoms with E-state index in [-0.39, 0.29) is 6.04 Å². The van der Waals surface area contributed by atoms with Gasteiger partial charge in [0, 0.05) is 38.4 Å². The van der Waals surface area contributed by atoms with Gasteiger partial charge >= 0.3 is 6.01 Å². The summed E-state index contributed by atoms with van der Waals surface area (Å²) in [5, 5.41) is 8.25. The third kappa shape index (κ3) is 3.52. The molecule has 1 fully saturated rings. The topological polar surface area (TPSA) is 72.4 Å². The predicted molar refractivity (Wildman–Crippen MR) is 94.5 cm³/mol. The molecule has 3 rings (SSSR count). The summed E-state index contributed by atoms with van der Waals surface area (Å²) in [5.41, 5.74) is 7.15. The maximum Gasteiger partial charge on any atom is 0.322 e. The Labute approximate surface area is 143 Å². The van der Waals surface area contributed by atoms with Crippen LogP contribution in [0.5, 0.6) is 11.8 Å². The van der Waals surface area contributed by atoms with Crippen LogP contribution < -0.4 is 15.4 Å². The Morgan fingerprint density at radius 3 is 2.38 bits per heavy atom.